The summed E-state index contributed by atoms with van der Waals surface area (Å²) in [7, 11) is 0. The number of amides is 2. The van der Waals surface area contributed by atoms with Gasteiger partial charge in [-0.1, -0.05) is 42.8 Å². The smallest absolute Gasteiger partial charge is 0.336 e. The fourth-order valence-corrected chi connectivity index (χ4v) is 4.55. The number of rotatable bonds is 8. The molecular formula is C31H28N4O5. The number of furan rings is 1. The Morgan fingerprint density at radius 2 is 1.70 bits per heavy atom. The molecule has 0 unspecified atom stereocenters. The highest BCUT2D eigenvalue weighted by Crippen LogP contribution is 2.17. The van der Waals surface area contributed by atoms with Gasteiger partial charge in [0.1, 0.15) is 12.3 Å². The molecule has 0 saturated heterocycles. The minimum absolute atomic E-state index is 0.172. The third-order valence-corrected chi connectivity index (χ3v) is 6.68. The number of anilines is 1. The first-order valence-corrected chi connectivity index (χ1v) is 12.9. The highest BCUT2D eigenvalue weighted by atomic mass is 16.3. The SMILES string of the molecule is CCc1ccccc1NC(=O)Cn1c(=O)n(-c2ccc(C)cc2)c(=O)c2ccc(C(=O)NCc3ccco3)cc21. The molecule has 40 heavy (non-hydrogen) atoms. The number of carbonyl (C=O) groups excluding carboxylic acids is 2. The van der Waals surface area contributed by atoms with Gasteiger partial charge < -0.3 is 15.1 Å². The molecule has 0 atom stereocenters. The van der Waals surface area contributed by atoms with Crippen molar-refractivity contribution in [2.45, 2.75) is 33.4 Å². The predicted molar refractivity (Wildman–Crippen MR) is 153 cm³/mol. The second kappa shape index (κ2) is 11.3. The molecule has 5 aromatic rings. The number of aromatic nitrogens is 2. The monoisotopic (exact) mass is 536 g/mol. The molecule has 0 saturated carbocycles. The van der Waals surface area contributed by atoms with Crippen molar-refractivity contribution in [3.8, 4) is 5.69 Å². The predicted octanol–water partition coefficient (Wildman–Crippen LogP) is 4.18. The van der Waals surface area contributed by atoms with Gasteiger partial charge in [0.25, 0.3) is 11.5 Å². The normalized spacial score (nSPS) is 10.9. The van der Waals surface area contributed by atoms with Crippen molar-refractivity contribution in [1.82, 2.24) is 14.5 Å². The number of nitrogens with one attached hydrogen (secondary N) is 2. The van der Waals surface area contributed by atoms with Crippen molar-refractivity contribution in [3.05, 3.63) is 128 Å². The molecule has 0 spiro atoms. The minimum Gasteiger partial charge on any atom is -0.467 e. The van der Waals surface area contributed by atoms with E-state index in [1.54, 1.807) is 42.5 Å². The Morgan fingerprint density at radius 1 is 0.925 bits per heavy atom. The van der Waals surface area contributed by atoms with Crippen LogP contribution < -0.4 is 21.9 Å². The van der Waals surface area contributed by atoms with Gasteiger partial charge in [0.2, 0.25) is 5.91 Å². The van der Waals surface area contributed by atoms with Crippen molar-refractivity contribution in [3.63, 3.8) is 0 Å². The Hall–Kier alpha value is -5.18. The van der Waals surface area contributed by atoms with Crippen molar-refractivity contribution >= 4 is 28.4 Å². The molecule has 0 bridgehead atoms. The summed E-state index contributed by atoms with van der Waals surface area (Å²) < 4.78 is 7.54. The molecule has 2 N–H and O–H groups in total. The molecule has 2 heterocycles. The van der Waals surface area contributed by atoms with Crippen molar-refractivity contribution in [1.29, 1.82) is 0 Å². The average Bonchev–Trinajstić information content (AvgIpc) is 3.49. The van der Waals surface area contributed by atoms with Crippen molar-refractivity contribution < 1.29 is 14.0 Å². The highest BCUT2D eigenvalue weighted by molar-refractivity contribution is 5.98. The number of fused-ring (bicyclic) bond motifs is 1. The molecule has 0 radical (unpaired) electrons. The number of benzene rings is 3. The molecule has 0 fully saturated rings. The molecular weight excluding hydrogens is 508 g/mol. The summed E-state index contributed by atoms with van der Waals surface area (Å²) in [6.45, 7) is 3.70. The number of para-hydroxylation sites is 1. The lowest BCUT2D eigenvalue weighted by molar-refractivity contribution is -0.116. The van der Waals surface area contributed by atoms with Crippen LogP contribution in [0, 0.1) is 6.92 Å². The standard InChI is InChI=1S/C31H28N4O5/c1-3-21-7-4-5-9-26(21)33-28(36)19-34-27-17-22(29(37)32-18-24-8-6-16-40-24)12-15-25(27)30(38)35(31(34)39)23-13-10-20(2)11-14-23/h4-17H,3,18-19H2,1-2H3,(H,32,37)(H,33,36). The van der Waals surface area contributed by atoms with Gasteiger partial charge in [-0.25, -0.2) is 9.36 Å². The quantitative estimate of drug-likeness (QED) is 0.309. The fourth-order valence-electron chi connectivity index (χ4n) is 4.55. The summed E-state index contributed by atoms with van der Waals surface area (Å²) in [5, 5.41) is 5.84. The summed E-state index contributed by atoms with van der Waals surface area (Å²) in [6, 6.07) is 22.3. The Kier molecular flexibility index (Phi) is 7.46. The third kappa shape index (κ3) is 5.35. The van der Waals surface area contributed by atoms with Crippen LogP contribution in [0.25, 0.3) is 16.6 Å². The van der Waals surface area contributed by atoms with Crippen LogP contribution in [0.5, 0.6) is 0 Å². The molecule has 0 aliphatic heterocycles. The van der Waals surface area contributed by atoms with Crippen molar-refractivity contribution in [2.24, 2.45) is 0 Å². The zero-order valence-corrected chi connectivity index (χ0v) is 22.1. The van der Waals surface area contributed by atoms with Gasteiger partial charge in [-0.2, -0.15) is 0 Å². The molecule has 202 valence electrons. The maximum atomic E-state index is 13.8. The Balaban J connectivity index is 1.59. The lowest BCUT2D eigenvalue weighted by atomic mass is 10.1. The van der Waals surface area contributed by atoms with E-state index < -0.39 is 23.1 Å². The number of hydrogen-bond donors (Lipinski definition) is 2. The molecule has 9 nitrogen and oxygen atoms in total. The Morgan fingerprint density at radius 3 is 2.42 bits per heavy atom. The van der Waals surface area contributed by atoms with Gasteiger partial charge in [-0.3, -0.25) is 19.0 Å². The van der Waals surface area contributed by atoms with E-state index in [0.29, 0.717) is 23.6 Å². The van der Waals surface area contributed by atoms with Gasteiger partial charge in [-0.05, 0) is 67.4 Å². The van der Waals surface area contributed by atoms with E-state index in [2.05, 4.69) is 10.6 Å². The topological polar surface area (TPSA) is 115 Å². The lowest BCUT2D eigenvalue weighted by Crippen LogP contribution is -2.41. The second-order valence-electron chi connectivity index (χ2n) is 9.40. The van der Waals surface area contributed by atoms with Crippen LogP contribution in [0.3, 0.4) is 0 Å². The van der Waals surface area contributed by atoms with Crippen LogP contribution in [-0.2, 0) is 24.3 Å². The Labute approximate surface area is 229 Å². The zero-order chi connectivity index (χ0) is 28.2. The van der Waals surface area contributed by atoms with Gasteiger partial charge in [0.05, 0.1) is 29.4 Å². The summed E-state index contributed by atoms with van der Waals surface area (Å²) in [6.07, 6.45) is 2.23. The number of nitrogens with zero attached hydrogens (tertiary/aromatic N) is 2. The van der Waals surface area contributed by atoms with Crippen molar-refractivity contribution in [2.75, 3.05) is 5.32 Å². The first kappa shape index (κ1) is 26.4. The molecule has 3 aromatic carbocycles. The summed E-state index contributed by atoms with van der Waals surface area (Å²) >= 11 is 0. The van der Waals surface area contributed by atoms with Crippen LogP contribution in [-0.4, -0.2) is 20.9 Å². The maximum Gasteiger partial charge on any atom is 0.336 e. The molecule has 0 aliphatic carbocycles. The molecule has 2 amide bonds. The van der Waals surface area contributed by atoms with Gasteiger partial charge in [-0.15, -0.1) is 0 Å². The van der Waals surface area contributed by atoms with E-state index in [-0.39, 0.29) is 29.6 Å². The largest absolute Gasteiger partial charge is 0.467 e. The van der Waals surface area contributed by atoms with Gasteiger partial charge in [0.15, 0.2) is 0 Å². The van der Waals surface area contributed by atoms with Crippen LogP contribution in [0.4, 0.5) is 5.69 Å². The van der Waals surface area contributed by atoms with E-state index >= 15 is 0 Å². The van der Waals surface area contributed by atoms with E-state index in [0.717, 1.165) is 15.7 Å². The first-order chi connectivity index (χ1) is 19.4. The number of hydrogen-bond acceptors (Lipinski definition) is 5. The van der Waals surface area contributed by atoms with Crippen LogP contribution in [0.2, 0.25) is 0 Å². The molecule has 5 rings (SSSR count). The average molecular weight is 537 g/mol. The number of carbonyl (C=O) groups is 2. The fraction of sp³-hybridized carbons (Fsp3) is 0.161. The maximum absolute atomic E-state index is 13.8. The first-order valence-electron chi connectivity index (χ1n) is 12.9. The highest BCUT2D eigenvalue weighted by Gasteiger charge is 2.19. The van der Waals surface area contributed by atoms with E-state index in [4.69, 9.17) is 4.42 Å². The van der Waals surface area contributed by atoms with Gasteiger partial charge >= 0.3 is 5.69 Å². The van der Waals surface area contributed by atoms with Crippen LogP contribution in [0.1, 0.15) is 34.2 Å². The minimum atomic E-state index is -0.687. The zero-order valence-electron chi connectivity index (χ0n) is 22.1. The van der Waals surface area contributed by atoms with Gasteiger partial charge in [0, 0.05) is 11.3 Å². The Bertz CT molecular complexity index is 1820. The van der Waals surface area contributed by atoms with E-state index in [1.165, 1.54) is 29.0 Å². The van der Waals surface area contributed by atoms with Crippen LogP contribution in [0.15, 0.2) is 99.1 Å². The third-order valence-electron chi connectivity index (χ3n) is 6.68. The van der Waals surface area contributed by atoms with Crippen LogP contribution >= 0.6 is 0 Å². The summed E-state index contributed by atoms with van der Waals surface area (Å²) in [4.78, 5) is 53.5. The van der Waals surface area contributed by atoms with E-state index in [1.807, 2.05) is 32.0 Å². The molecule has 2 aromatic heterocycles. The molecule has 0 aliphatic rings. The molecule has 9 heteroatoms. The van der Waals surface area contributed by atoms with E-state index in [9.17, 15) is 19.2 Å². The lowest BCUT2D eigenvalue weighted by Gasteiger charge is -2.16. The summed E-state index contributed by atoms with van der Waals surface area (Å²) in [5.74, 6) is -0.275. The number of aryl methyl sites for hydroxylation is 2. The second-order valence-corrected chi connectivity index (χ2v) is 9.40. The summed E-state index contributed by atoms with van der Waals surface area (Å²) in [5.41, 5.74) is 2.14.